The summed E-state index contributed by atoms with van der Waals surface area (Å²) in [5.74, 6) is -3.45. The number of benzene rings is 1. The van der Waals surface area contributed by atoms with Crippen LogP contribution in [0.25, 0.3) is 5.65 Å². The molecule has 1 aromatic carbocycles. The topological polar surface area (TPSA) is 110 Å². The third kappa shape index (κ3) is 4.71. The first kappa shape index (κ1) is 19.4. The van der Waals surface area contributed by atoms with E-state index in [-0.39, 0.29) is 47.7 Å². The number of aryl methyl sites for hydroxylation is 1. The second-order valence-corrected chi connectivity index (χ2v) is 9.28. The molecule has 2 aliphatic heterocycles. The summed E-state index contributed by atoms with van der Waals surface area (Å²) in [7, 11) is 0. The van der Waals surface area contributed by atoms with E-state index in [1.807, 2.05) is 0 Å². The van der Waals surface area contributed by atoms with E-state index in [0.29, 0.717) is 11.1 Å². The molecule has 41 heavy (non-hydrogen) atoms. The van der Waals surface area contributed by atoms with Gasteiger partial charge in [-0.05, 0) is 69.2 Å². The SMILES string of the molecule is [2H]C1([2H])CCN(c2ccn3ncc(C(=O)OCC)c3n2)C1([2H])c1cc(F)cnc1C([2H])([2H])C([2H])([2H])[C@@H](C)N1C(=O)c2ccccc2C1=O. The van der Waals surface area contributed by atoms with Gasteiger partial charge in [-0.1, -0.05) is 12.1 Å². The molecule has 0 radical (unpaired) electrons. The van der Waals surface area contributed by atoms with Crippen LogP contribution in [0, 0.1) is 5.82 Å². The lowest BCUT2D eigenvalue weighted by Gasteiger charge is -2.28. The Kier molecular flexibility index (Phi) is 5.07. The van der Waals surface area contributed by atoms with Crippen molar-refractivity contribution < 1.29 is 33.1 Å². The number of hydrogen-bond donors (Lipinski definition) is 0. The third-order valence-electron chi connectivity index (χ3n) is 6.75. The molecule has 4 aromatic rings. The second kappa shape index (κ2) is 10.7. The molecule has 2 atom stereocenters. The highest BCUT2D eigenvalue weighted by atomic mass is 19.1. The fraction of sp³-hybridized carbons (Fsp3) is 0.333. The third-order valence-corrected chi connectivity index (χ3v) is 6.75. The molecule has 6 rings (SSSR count). The van der Waals surface area contributed by atoms with Gasteiger partial charge in [0.1, 0.15) is 17.2 Å². The number of pyridine rings is 1. The number of fused-ring (bicyclic) bond motifs is 2. The van der Waals surface area contributed by atoms with Crippen LogP contribution in [0.2, 0.25) is 0 Å². The first-order chi connectivity index (χ1) is 22.5. The van der Waals surface area contributed by atoms with Crippen molar-refractivity contribution in [1.29, 1.82) is 0 Å². The number of nitrogens with zero attached hydrogens (tertiary/aromatic N) is 6. The normalized spacial score (nSPS) is 23.6. The number of anilines is 1. The van der Waals surface area contributed by atoms with E-state index in [1.165, 1.54) is 47.2 Å². The molecule has 10 nitrogen and oxygen atoms in total. The lowest BCUT2D eigenvalue weighted by Crippen LogP contribution is -2.38. The van der Waals surface area contributed by atoms with Gasteiger partial charge in [-0.25, -0.2) is 18.7 Å². The summed E-state index contributed by atoms with van der Waals surface area (Å²) in [6.45, 7) is 2.69. The molecule has 1 unspecified atom stereocenters. The summed E-state index contributed by atoms with van der Waals surface area (Å²) in [4.78, 5) is 49.1. The second-order valence-electron chi connectivity index (χ2n) is 9.28. The van der Waals surface area contributed by atoms with Crippen molar-refractivity contribution >= 4 is 29.2 Å². The van der Waals surface area contributed by atoms with Crippen molar-refractivity contribution in [1.82, 2.24) is 24.5 Å². The van der Waals surface area contributed by atoms with Crippen LogP contribution in [0.3, 0.4) is 0 Å². The van der Waals surface area contributed by atoms with Crippen LogP contribution in [-0.2, 0) is 11.1 Å². The summed E-state index contributed by atoms with van der Waals surface area (Å²) < 4.78 is 84.8. The van der Waals surface area contributed by atoms with Gasteiger partial charge in [-0.2, -0.15) is 5.10 Å². The standard InChI is InChI=1S/C30H29FN6O4/c1-3-41-30(40)23-17-33-36-14-12-26(34-27(23)36)35-13-6-9-25(35)22-15-19(31)16-32-24(22)11-10-18(2)37-28(38)20-7-4-5-8-21(20)29(37)39/h4-5,7-8,12,14-18,25H,3,6,9-11,13H2,1-2H3/t18-,25?/m1/s1/i9D2,10D2,11D2,25D. The van der Waals surface area contributed by atoms with Gasteiger partial charge in [0.05, 0.1) is 37.5 Å². The van der Waals surface area contributed by atoms with E-state index < -0.39 is 66.0 Å². The largest absolute Gasteiger partial charge is 0.462 e. The predicted octanol–water partition coefficient (Wildman–Crippen LogP) is 4.40. The van der Waals surface area contributed by atoms with Gasteiger partial charge in [0.15, 0.2) is 5.65 Å². The molecule has 0 spiro atoms. The highest BCUT2D eigenvalue weighted by Gasteiger charge is 2.38. The molecule has 11 heteroatoms. The molecule has 3 aromatic heterocycles. The minimum absolute atomic E-state index is 0.00345. The summed E-state index contributed by atoms with van der Waals surface area (Å²) in [5.41, 5.74) is -1.36. The van der Waals surface area contributed by atoms with E-state index in [4.69, 9.17) is 13.0 Å². The number of imide groups is 1. The molecule has 0 bridgehead atoms. The van der Waals surface area contributed by atoms with Gasteiger partial charge in [-0.3, -0.25) is 19.5 Å². The molecule has 1 fully saturated rings. The van der Waals surface area contributed by atoms with Crippen molar-refractivity contribution in [3.63, 3.8) is 0 Å². The molecule has 1 saturated heterocycles. The van der Waals surface area contributed by atoms with E-state index >= 15 is 0 Å². The van der Waals surface area contributed by atoms with Crippen LogP contribution in [0.15, 0.2) is 55.0 Å². The molecule has 2 aliphatic rings. The highest BCUT2D eigenvalue weighted by molar-refractivity contribution is 6.21. The van der Waals surface area contributed by atoms with Crippen molar-refractivity contribution in [2.75, 3.05) is 18.1 Å². The molecule has 2 amide bonds. The summed E-state index contributed by atoms with van der Waals surface area (Å²) in [5, 5.41) is 4.08. The average Bonchev–Trinajstić information content (AvgIpc) is 3.66. The fourth-order valence-corrected chi connectivity index (χ4v) is 4.84. The van der Waals surface area contributed by atoms with Gasteiger partial charge in [0.2, 0.25) is 0 Å². The van der Waals surface area contributed by atoms with Crippen LogP contribution in [0.4, 0.5) is 10.2 Å². The zero-order valence-electron chi connectivity index (χ0n) is 29.1. The van der Waals surface area contributed by atoms with Crippen LogP contribution >= 0.6 is 0 Å². The molecule has 0 saturated carbocycles. The molecular formula is C30H29FN6O4. The van der Waals surface area contributed by atoms with Gasteiger partial charge in [0, 0.05) is 32.7 Å². The van der Waals surface area contributed by atoms with Crippen LogP contribution in [0.1, 0.15) is 91.0 Å². The maximum Gasteiger partial charge on any atom is 0.343 e. The smallest absolute Gasteiger partial charge is 0.343 e. The summed E-state index contributed by atoms with van der Waals surface area (Å²) in [6, 6.07) is 3.62. The lowest BCUT2D eigenvalue weighted by molar-refractivity contribution is 0.0526. The van der Waals surface area contributed by atoms with E-state index in [1.54, 1.807) is 6.92 Å². The molecule has 210 valence electrons. The van der Waals surface area contributed by atoms with Crippen molar-refractivity contribution in [3.8, 4) is 0 Å². The van der Waals surface area contributed by atoms with Gasteiger partial charge in [-0.15, -0.1) is 0 Å². The van der Waals surface area contributed by atoms with Gasteiger partial charge < -0.3 is 9.64 Å². The zero-order valence-corrected chi connectivity index (χ0v) is 22.1. The maximum absolute atomic E-state index is 15.0. The monoisotopic (exact) mass is 563 g/mol. The quantitative estimate of drug-likeness (QED) is 0.229. The van der Waals surface area contributed by atoms with Crippen LogP contribution in [0.5, 0.6) is 0 Å². The number of carbonyl (C=O) groups excluding carboxylic acids is 3. The van der Waals surface area contributed by atoms with Crippen LogP contribution < -0.4 is 4.90 Å². The Morgan fingerprint density at radius 3 is 2.73 bits per heavy atom. The first-order valence-corrected chi connectivity index (χ1v) is 12.9. The minimum Gasteiger partial charge on any atom is -0.462 e. The average molecular weight is 564 g/mol. The number of esters is 1. The minimum atomic E-state index is -3.23. The number of ether oxygens (including phenoxy) is 1. The predicted molar refractivity (Wildman–Crippen MR) is 147 cm³/mol. The maximum atomic E-state index is 15.0. The van der Waals surface area contributed by atoms with Crippen molar-refractivity contribution in [2.45, 2.75) is 51.4 Å². The first-order valence-electron chi connectivity index (χ1n) is 16.4. The van der Waals surface area contributed by atoms with E-state index in [9.17, 15) is 20.1 Å². The Hall–Kier alpha value is -4.67. The lowest BCUT2D eigenvalue weighted by atomic mass is 9.98. The van der Waals surface area contributed by atoms with Gasteiger partial charge >= 0.3 is 5.97 Å². The Balaban J connectivity index is 1.46. The summed E-state index contributed by atoms with van der Waals surface area (Å²) >= 11 is 0. The number of rotatable bonds is 8. The Bertz CT molecular complexity index is 1960. The number of amides is 2. The summed E-state index contributed by atoms with van der Waals surface area (Å²) in [6.07, 6.45) is -5.86. The molecule has 0 aliphatic carbocycles. The zero-order chi connectivity index (χ0) is 35.0. The number of aromatic nitrogens is 4. The van der Waals surface area contributed by atoms with Crippen molar-refractivity contribution in [3.05, 3.63) is 88.8 Å². The van der Waals surface area contributed by atoms with Gasteiger partial charge in [0.25, 0.3) is 11.8 Å². The molecule has 0 N–H and O–H groups in total. The molecular weight excluding hydrogens is 527 g/mol. The Morgan fingerprint density at radius 1 is 1.24 bits per heavy atom. The number of hydrogen-bond acceptors (Lipinski definition) is 8. The number of halogens is 1. The van der Waals surface area contributed by atoms with Crippen LogP contribution in [-0.4, -0.2) is 61.5 Å². The molecule has 5 heterocycles. The highest BCUT2D eigenvalue weighted by Crippen LogP contribution is 2.37. The van der Waals surface area contributed by atoms with E-state index in [2.05, 4.69) is 15.1 Å². The van der Waals surface area contributed by atoms with E-state index in [0.717, 1.165) is 17.9 Å². The Labute approximate surface area is 245 Å². The fourth-order valence-electron chi connectivity index (χ4n) is 4.84. The van der Waals surface area contributed by atoms with Crippen molar-refractivity contribution in [2.24, 2.45) is 0 Å². The number of carbonyl (C=O) groups is 3. The Morgan fingerprint density at radius 2 is 2.00 bits per heavy atom.